The lowest BCUT2D eigenvalue weighted by Crippen LogP contribution is -2.06. The van der Waals surface area contributed by atoms with Gasteiger partial charge in [0.2, 0.25) is 5.95 Å². The van der Waals surface area contributed by atoms with Crippen LogP contribution >= 0.6 is 22.7 Å². The summed E-state index contributed by atoms with van der Waals surface area (Å²) in [6, 6.07) is 156. The van der Waals surface area contributed by atoms with Gasteiger partial charge in [-0.3, -0.25) is 4.57 Å². The Kier molecular flexibility index (Phi) is 16.7. The van der Waals surface area contributed by atoms with Crippen LogP contribution in [0.15, 0.2) is 446 Å². The van der Waals surface area contributed by atoms with Gasteiger partial charge in [-0.05, 0) is 192 Å². The zero-order valence-electron chi connectivity index (χ0n) is 71.4. The molecule has 22 aromatic carbocycles. The lowest BCUT2D eigenvalue weighted by Gasteiger charge is -2.12. The second kappa shape index (κ2) is 29.7. The van der Waals surface area contributed by atoms with Crippen LogP contribution < -0.4 is 0 Å². The maximum Gasteiger partial charge on any atom is 0.238 e. The monoisotopic (exact) mass is 1730 g/mol. The summed E-state index contributed by atoms with van der Waals surface area (Å²) in [5.41, 5.74) is 19.7. The van der Waals surface area contributed by atoms with Gasteiger partial charge < -0.3 is 18.0 Å². The fourth-order valence-corrected chi connectivity index (χ4v) is 23.8. The minimum atomic E-state index is 0.569. The van der Waals surface area contributed by atoms with Gasteiger partial charge in [-0.15, -0.1) is 22.7 Å². The Morgan fingerprint density at radius 2 is 0.586 bits per heavy atom. The first kappa shape index (κ1) is 74.9. The topological polar surface area (TPSA) is 79.7 Å². The van der Waals surface area contributed by atoms with Gasteiger partial charge in [-0.2, -0.15) is 9.97 Å². The SMILES string of the molecule is c1ccc(-c2ccc3sc4cc5c(cc4c3c2)c2ccccc2c2oc3ccc(-c4ccccc4)cc3c52)cc1.c1ccc(-c2nc(-c3ccccc3)nc(-n3c4ccccc4c4cc5c6ccccc6c6c7ccccc7oc6c5cc43)n2)cc1.c1ccc(-n2c3ccccc3c3cc(-n4c5ccccc5c5cc6c7ccccc7c7c8ccccc8sc7c6cc54)ccc32)cc1. The predicted octanol–water partition coefficient (Wildman–Crippen LogP) is 34.7. The molecule has 0 aliphatic carbocycles. The summed E-state index contributed by atoms with van der Waals surface area (Å²) in [5, 5.41) is 32.1. The second-order valence-electron chi connectivity index (χ2n) is 34.6. The van der Waals surface area contributed by atoms with Crippen LogP contribution in [0, 0.1) is 0 Å². The number of para-hydroxylation sites is 5. The number of nitrogens with zero attached hydrogens (tertiary/aromatic N) is 6. The Balaban J connectivity index is 0.0000000999. The van der Waals surface area contributed by atoms with Crippen LogP contribution in [0.5, 0.6) is 0 Å². The van der Waals surface area contributed by atoms with Crippen molar-refractivity contribution in [2.45, 2.75) is 0 Å². The average molecular weight is 1730 g/mol. The fourth-order valence-electron chi connectivity index (χ4n) is 21.4. The molecule has 0 spiro atoms. The number of aromatic nitrogens is 6. The molecule has 8 nitrogen and oxygen atoms in total. The van der Waals surface area contributed by atoms with Gasteiger partial charge in [0, 0.05) is 133 Å². The van der Waals surface area contributed by atoms with Crippen molar-refractivity contribution in [3.63, 3.8) is 0 Å². The Bertz CT molecular complexity index is 10100. The van der Waals surface area contributed by atoms with E-state index in [4.69, 9.17) is 23.8 Å². The molecule has 0 aliphatic rings. The number of hydrogen-bond donors (Lipinski definition) is 0. The first-order valence-corrected chi connectivity index (χ1v) is 46.7. The molecule has 0 N–H and O–H groups in total. The second-order valence-corrected chi connectivity index (χ2v) is 36.8. The molecule has 0 atom stereocenters. The van der Waals surface area contributed by atoms with Crippen molar-refractivity contribution >= 4 is 237 Å². The molecule has 30 rings (SSSR count). The number of hydrogen-bond acceptors (Lipinski definition) is 7. The standard InChI is InChI=1S/C44H26N2S.C41H24N4O.C38H22OS/c1-2-12-27(13-3-1)45-38-19-9-6-15-30(38)35-24-28(22-23-40(35)45)46-39-20-10-7-16-31(39)36-25-34-29-14-4-5-17-32(29)43-33-18-8-11-21-42(33)47-44(43)37(34)26-41(36)46;1-3-13-25(14-4-1)39-42-40(26-15-5-2-6-16-26)44-41(43-39)45-34-21-11-9-18-28(34)32-23-31-27-17-7-8-19-29(27)37-30-20-10-12-22-36(30)46-38(37)33(31)24-35(32)45;1-3-9-23(10-4-1)25-15-17-34-33(20-25)37-32-22-36-31(21-29(32)27-13-7-8-14-28(27)38(37)39-34)30-19-26(16-18-35(30)40-36)24-11-5-2-6-12-24/h1-26H;1-24H;1-22H. The van der Waals surface area contributed by atoms with Crippen molar-refractivity contribution in [1.82, 2.24) is 28.7 Å². The van der Waals surface area contributed by atoms with Crippen LogP contribution in [0.1, 0.15) is 0 Å². The van der Waals surface area contributed by atoms with Crippen molar-refractivity contribution in [3.8, 4) is 62.4 Å². The van der Waals surface area contributed by atoms with Gasteiger partial charge in [0.1, 0.15) is 22.3 Å². The molecule has 0 unspecified atom stereocenters. The molecule has 0 bridgehead atoms. The van der Waals surface area contributed by atoms with E-state index < -0.39 is 0 Å². The molecule has 30 aromatic rings. The molecule has 10 heteroatoms. The summed E-state index contributed by atoms with van der Waals surface area (Å²) in [5.74, 6) is 1.82. The molecule has 8 heterocycles. The van der Waals surface area contributed by atoms with Crippen LogP contribution in [0.3, 0.4) is 0 Å². The zero-order chi connectivity index (χ0) is 87.0. The molecular formula is C123H72N6O2S2. The molecule has 0 fully saturated rings. The Labute approximate surface area is 767 Å². The van der Waals surface area contributed by atoms with E-state index >= 15 is 0 Å². The Morgan fingerprint density at radius 1 is 0.180 bits per heavy atom. The van der Waals surface area contributed by atoms with Crippen LogP contribution in [-0.4, -0.2) is 28.7 Å². The third kappa shape index (κ3) is 11.7. The summed E-state index contributed by atoms with van der Waals surface area (Å²) >= 11 is 3.79. The van der Waals surface area contributed by atoms with E-state index in [1.54, 1.807) is 0 Å². The van der Waals surface area contributed by atoms with Crippen molar-refractivity contribution in [2.24, 2.45) is 0 Å². The highest BCUT2D eigenvalue weighted by Gasteiger charge is 2.27. The van der Waals surface area contributed by atoms with E-state index in [2.05, 4.69) is 378 Å². The molecule has 0 saturated heterocycles. The van der Waals surface area contributed by atoms with Crippen LogP contribution in [0.2, 0.25) is 0 Å². The highest BCUT2D eigenvalue weighted by molar-refractivity contribution is 7.27. The van der Waals surface area contributed by atoms with E-state index in [1.165, 1.54) is 177 Å². The minimum absolute atomic E-state index is 0.569. The van der Waals surface area contributed by atoms with Gasteiger partial charge in [0.15, 0.2) is 11.6 Å². The van der Waals surface area contributed by atoms with Gasteiger partial charge in [-0.1, -0.05) is 315 Å². The summed E-state index contributed by atoms with van der Waals surface area (Å²) in [4.78, 5) is 15.2. The van der Waals surface area contributed by atoms with Crippen LogP contribution in [-0.2, 0) is 0 Å². The summed E-state index contributed by atoms with van der Waals surface area (Å²) in [6.07, 6.45) is 0. The minimum Gasteiger partial charge on any atom is -0.455 e. The van der Waals surface area contributed by atoms with Gasteiger partial charge in [-0.25, -0.2) is 4.98 Å². The van der Waals surface area contributed by atoms with E-state index in [1.807, 2.05) is 95.5 Å². The lowest BCUT2D eigenvalue weighted by molar-refractivity contribution is 0.672. The molecule has 8 aromatic heterocycles. The van der Waals surface area contributed by atoms with Crippen molar-refractivity contribution in [2.75, 3.05) is 0 Å². The average Bonchev–Trinajstić information content (AvgIpc) is 1.57. The van der Waals surface area contributed by atoms with Crippen molar-refractivity contribution in [3.05, 3.63) is 437 Å². The van der Waals surface area contributed by atoms with Crippen LogP contribution in [0.4, 0.5) is 0 Å². The molecule has 133 heavy (non-hydrogen) atoms. The summed E-state index contributed by atoms with van der Waals surface area (Å²) < 4.78 is 25.6. The Morgan fingerprint density at radius 3 is 1.21 bits per heavy atom. The molecule has 0 saturated carbocycles. The number of rotatable bonds is 7. The normalized spacial score (nSPS) is 12.1. The number of fused-ring (bicyclic) bond motifs is 36. The molecule has 0 amide bonds. The number of benzene rings is 22. The molecule has 0 aliphatic heterocycles. The maximum absolute atomic E-state index is 6.65. The zero-order valence-corrected chi connectivity index (χ0v) is 73.0. The first-order valence-electron chi connectivity index (χ1n) is 45.1. The molecule has 618 valence electrons. The van der Waals surface area contributed by atoms with Crippen molar-refractivity contribution in [1.29, 1.82) is 0 Å². The van der Waals surface area contributed by atoms with E-state index in [0.29, 0.717) is 17.6 Å². The molecular weight excluding hydrogens is 1660 g/mol. The third-order valence-electron chi connectivity index (χ3n) is 27.3. The fraction of sp³-hybridized carbons (Fsp3) is 0. The quantitative estimate of drug-likeness (QED) is 0.149. The number of thiophene rings is 2. The van der Waals surface area contributed by atoms with Crippen LogP contribution in [0.25, 0.3) is 277 Å². The highest BCUT2D eigenvalue weighted by atomic mass is 32.1. The summed E-state index contributed by atoms with van der Waals surface area (Å²) in [6.45, 7) is 0. The van der Waals surface area contributed by atoms with Gasteiger partial charge in [0.05, 0.1) is 33.1 Å². The predicted molar refractivity (Wildman–Crippen MR) is 563 cm³/mol. The van der Waals surface area contributed by atoms with Gasteiger partial charge in [0.25, 0.3) is 0 Å². The largest absolute Gasteiger partial charge is 0.455 e. The van der Waals surface area contributed by atoms with E-state index in [-0.39, 0.29) is 0 Å². The van der Waals surface area contributed by atoms with E-state index in [0.717, 1.165) is 82.2 Å². The highest BCUT2D eigenvalue weighted by Crippen LogP contribution is 2.51. The lowest BCUT2D eigenvalue weighted by atomic mass is 9.94. The smallest absolute Gasteiger partial charge is 0.238 e. The maximum atomic E-state index is 6.65. The van der Waals surface area contributed by atoms with Crippen molar-refractivity contribution < 1.29 is 8.83 Å². The summed E-state index contributed by atoms with van der Waals surface area (Å²) in [7, 11) is 0. The van der Waals surface area contributed by atoms with E-state index in [9.17, 15) is 0 Å². The molecule has 0 radical (unpaired) electrons. The third-order valence-corrected chi connectivity index (χ3v) is 29.7. The Hall–Kier alpha value is -17.2. The first-order chi connectivity index (χ1) is 66.0. The number of furan rings is 2. The van der Waals surface area contributed by atoms with Gasteiger partial charge >= 0.3 is 0 Å².